The van der Waals surface area contributed by atoms with E-state index < -0.39 is 6.04 Å². The molecule has 0 saturated heterocycles. The van der Waals surface area contributed by atoms with Gasteiger partial charge in [-0.3, -0.25) is 4.79 Å². The van der Waals surface area contributed by atoms with Crippen molar-refractivity contribution in [3.63, 3.8) is 0 Å². The Hall–Kier alpha value is -3.25. The molecule has 0 heterocycles. The number of hydrogen-bond acceptors (Lipinski definition) is 5. The molecule has 3 aliphatic rings. The van der Waals surface area contributed by atoms with Crippen molar-refractivity contribution in [3.05, 3.63) is 96.1 Å². The molecule has 6 heteroatoms. The first kappa shape index (κ1) is 44.8. The molecular weight excluding hydrogens is 619 g/mol. The molecular formula is C44H73N3O3. The van der Waals surface area contributed by atoms with Gasteiger partial charge in [-0.1, -0.05) is 110 Å². The molecule has 0 aromatic rings. The maximum atomic E-state index is 13.1. The molecule has 6 nitrogen and oxygen atoms in total. The highest BCUT2D eigenvalue weighted by Gasteiger charge is 2.42. The van der Waals surface area contributed by atoms with Crippen LogP contribution in [-0.2, 0) is 9.53 Å². The summed E-state index contributed by atoms with van der Waals surface area (Å²) in [5, 5.41) is 15.6. The van der Waals surface area contributed by atoms with E-state index in [2.05, 4.69) is 95.4 Å². The van der Waals surface area contributed by atoms with Crippen LogP contribution in [-0.4, -0.2) is 36.8 Å². The number of amides is 1. The molecule has 3 aliphatic carbocycles. The second-order valence-electron chi connectivity index (χ2n) is 15.2. The van der Waals surface area contributed by atoms with Gasteiger partial charge >= 0.3 is 0 Å². The van der Waals surface area contributed by atoms with Gasteiger partial charge in [-0.15, -0.1) is 0 Å². The Morgan fingerprint density at radius 1 is 1.16 bits per heavy atom. The van der Waals surface area contributed by atoms with Crippen molar-refractivity contribution in [1.82, 2.24) is 10.6 Å². The molecule has 0 aliphatic heterocycles. The monoisotopic (exact) mass is 692 g/mol. The van der Waals surface area contributed by atoms with Crippen LogP contribution in [0.15, 0.2) is 96.1 Å². The number of nitrogens with two attached hydrogens (primary N) is 1. The fourth-order valence-corrected chi connectivity index (χ4v) is 6.57. The van der Waals surface area contributed by atoms with Crippen molar-refractivity contribution in [1.29, 1.82) is 0 Å². The van der Waals surface area contributed by atoms with E-state index in [1.165, 1.54) is 37.7 Å². The first-order valence-electron chi connectivity index (χ1n) is 19.1. The Bertz CT molecular complexity index is 1250. The molecule has 1 saturated carbocycles. The zero-order valence-corrected chi connectivity index (χ0v) is 33.2. The topological polar surface area (TPSA) is 96.6 Å². The summed E-state index contributed by atoms with van der Waals surface area (Å²) in [5.41, 5.74) is 10.6. The third-order valence-electron chi connectivity index (χ3n) is 9.55. The van der Waals surface area contributed by atoms with Crippen LogP contribution >= 0.6 is 0 Å². The predicted octanol–water partition coefficient (Wildman–Crippen LogP) is 9.98. The van der Waals surface area contributed by atoms with Crippen LogP contribution in [0.3, 0.4) is 0 Å². The molecule has 0 bridgehead atoms. The number of nitrogens with one attached hydrogen (secondary N) is 2. The van der Waals surface area contributed by atoms with E-state index in [1.54, 1.807) is 12.7 Å². The number of allylic oxidation sites excluding steroid dienone is 9. The standard InChI is InChI=1S/C34H51N3O2.C8H16O.C2H6/c1-24(29-22-30(29)28-15-9-7-8-10-16-28)13-11-12-14-26(3)37-31(33(38)36-20-19-25(2)35)21-27-17-18-32(39-6)34(4,5)23-27;1-6(2)5-8(9)7(3)4;1-2/h9,12,14-18,24,29-31,37H,2-3,7-8,10-11,13,19-23,35H2,1,4-6H3,(H,36,38);6,8-9H,3,5H2,1-2,4H3;1-2H3/b14-12+;;/t24?,29?,30?,31-;;/m1../s1. The average molecular weight is 692 g/mol. The van der Waals surface area contributed by atoms with Gasteiger partial charge in [-0.05, 0) is 106 Å². The summed E-state index contributed by atoms with van der Waals surface area (Å²) >= 11 is 0. The highest BCUT2D eigenvalue weighted by Crippen LogP contribution is 2.51. The quantitative estimate of drug-likeness (QED) is 0.0848. The summed E-state index contributed by atoms with van der Waals surface area (Å²) in [6, 6.07) is -0.417. The summed E-state index contributed by atoms with van der Waals surface area (Å²) in [4.78, 5) is 13.1. The highest BCUT2D eigenvalue weighted by atomic mass is 16.5. The first-order valence-corrected chi connectivity index (χ1v) is 19.1. The number of aliphatic hydroxyl groups is 1. The summed E-state index contributed by atoms with van der Waals surface area (Å²) in [6.45, 7) is 28.8. The van der Waals surface area contributed by atoms with Gasteiger partial charge in [-0.25, -0.2) is 0 Å². The van der Waals surface area contributed by atoms with E-state index in [0.29, 0.717) is 36.9 Å². The third kappa shape index (κ3) is 17.1. The number of carbonyl (C=O) groups is 1. The van der Waals surface area contributed by atoms with E-state index in [0.717, 1.165) is 48.1 Å². The Balaban J connectivity index is 0.000000986. The fraction of sp³-hybridized carbons (Fsp3) is 0.614. The molecule has 5 atom stereocenters. The molecule has 0 radical (unpaired) electrons. The van der Waals surface area contributed by atoms with Crippen LogP contribution in [0, 0.1) is 29.1 Å². The van der Waals surface area contributed by atoms with Gasteiger partial charge in [0.25, 0.3) is 0 Å². The third-order valence-corrected chi connectivity index (χ3v) is 9.55. The summed E-state index contributed by atoms with van der Waals surface area (Å²) in [6.07, 6.45) is 25.3. The summed E-state index contributed by atoms with van der Waals surface area (Å²) < 4.78 is 5.55. The van der Waals surface area contributed by atoms with Gasteiger partial charge in [0.1, 0.15) is 11.8 Å². The average Bonchev–Trinajstić information content (AvgIpc) is 3.87. The minimum Gasteiger partial charge on any atom is -0.501 e. The zero-order valence-electron chi connectivity index (χ0n) is 33.2. The molecule has 1 fully saturated rings. The predicted molar refractivity (Wildman–Crippen MR) is 215 cm³/mol. The Morgan fingerprint density at radius 3 is 2.44 bits per heavy atom. The Morgan fingerprint density at radius 2 is 1.86 bits per heavy atom. The minimum absolute atomic E-state index is 0.0544. The number of hydrogen-bond donors (Lipinski definition) is 4. The molecule has 5 N–H and O–H groups in total. The van der Waals surface area contributed by atoms with Crippen LogP contribution in [0.1, 0.15) is 120 Å². The van der Waals surface area contributed by atoms with E-state index in [1.807, 2.05) is 32.9 Å². The SMILES string of the molecule is C=C(C)C(O)CC(C)C.C=C(N)CCNC(=O)[C@@H](CC1=CC=C(OC)C(C)(C)C1)NC(=C)/C=C/CCC(C)C1CC1C1=CCCCC=C1.CC. The largest absolute Gasteiger partial charge is 0.501 e. The highest BCUT2D eigenvalue weighted by molar-refractivity contribution is 5.82. The molecule has 282 valence electrons. The zero-order chi connectivity index (χ0) is 37.9. The van der Waals surface area contributed by atoms with Crippen LogP contribution in [0.4, 0.5) is 0 Å². The molecule has 4 unspecified atom stereocenters. The van der Waals surface area contributed by atoms with Gasteiger partial charge in [0.05, 0.1) is 13.2 Å². The molecule has 0 spiro atoms. The van der Waals surface area contributed by atoms with Crippen LogP contribution in [0.25, 0.3) is 0 Å². The first-order chi connectivity index (χ1) is 23.6. The van der Waals surface area contributed by atoms with E-state index in [-0.39, 0.29) is 17.4 Å². The number of methoxy groups -OCH3 is 1. The maximum absolute atomic E-state index is 13.1. The van der Waals surface area contributed by atoms with Crippen LogP contribution < -0.4 is 16.4 Å². The van der Waals surface area contributed by atoms with Crippen molar-refractivity contribution in [2.24, 2.45) is 34.8 Å². The van der Waals surface area contributed by atoms with E-state index in [4.69, 9.17) is 10.5 Å². The lowest BCUT2D eigenvalue weighted by atomic mass is 9.78. The Labute approximate surface area is 306 Å². The molecule has 0 aromatic carbocycles. The Kier molecular flexibility index (Phi) is 20.8. The minimum atomic E-state index is -0.417. The summed E-state index contributed by atoms with van der Waals surface area (Å²) in [7, 11) is 1.71. The number of rotatable bonds is 18. The lowest BCUT2D eigenvalue weighted by molar-refractivity contribution is -0.122. The van der Waals surface area contributed by atoms with Crippen LogP contribution in [0.2, 0.25) is 0 Å². The molecule has 1 amide bonds. The number of aliphatic hydroxyl groups excluding tert-OH is 1. The smallest absolute Gasteiger partial charge is 0.242 e. The maximum Gasteiger partial charge on any atom is 0.242 e. The van der Waals surface area contributed by atoms with Crippen molar-refractivity contribution < 1.29 is 14.6 Å². The lowest BCUT2D eigenvalue weighted by Gasteiger charge is -2.32. The van der Waals surface area contributed by atoms with E-state index >= 15 is 0 Å². The molecule has 50 heavy (non-hydrogen) atoms. The van der Waals surface area contributed by atoms with Gasteiger partial charge in [-0.2, -0.15) is 0 Å². The molecule has 3 rings (SSSR count). The van der Waals surface area contributed by atoms with Crippen LogP contribution in [0.5, 0.6) is 0 Å². The van der Waals surface area contributed by atoms with Crippen molar-refractivity contribution in [2.75, 3.05) is 13.7 Å². The van der Waals surface area contributed by atoms with Crippen molar-refractivity contribution >= 4 is 5.91 Å². The fourth-order valence-electron chi connectivity index (χ4n) is 6.57. The molecule has 0 aromatic heterocycles. The van der Waals surface area contributed by atoms with Crippen molar-refractivity contribution in [3.8, 4) is 0 Å². The van der Waals surface area contributed by atoms with Gasteiger partial charge in [0.15, 0.2) is 0 Å². The van der Waals surface area contributed by atoms with Gasteiger partial charge in [0.2, 0.25) is 5.91 Å². The van der Waals surface area contributed by atoms with Crippen molar-refractivity contribution in [2.45, 2.75) is 132 Å². The second-order valence-corrected chi connectivity index (χ2v) is 15.2. The normalized spacial score (nSPS) is 21.0. The van der Waals surface area contributed by atoms with E-state index in [9.17, 15) is 9.90 Å². The summed E-state index contributed by atoms with van der Waals surface area (Å²) in [5.74, 6) is 3.74. The van der Waals surface area contributed by atoms with Gasteiger partial charge in [0, 0.05) is 29.8 Å². The number of ether oxygens (including phenoxy) is 1. The number of carbonyl (C=O) groups excluding carboxylic acids is 1. The lowest BCUT2D eigenvalue weighted by Crippen LogP contribution is -2.44. The van der Waals surface area contributed by atoms with Gasteiger partial charge < -0.3 is 26.2 Å². The second kappa shape index (κ2) is 23.3.